The first-order valence-corrected chi connectivity index (χ1v) is 11.7. The third-order valence-corrected chi connectivity index (χ3v) is 6.69. The van der Waals surface area contributed by atoms with E-state index >= 15 is 0 Å². The van der Waals surface area contributed by atoms with E-state index in [-0.39, 0.29) is 6.04 Å². The van der Waals surface area contributed by atoms with Gasteiger partial charge in [0.1, 0.15) is 5.75 Å². The first kappa shape index (κ1) is 20.1. The van der Waals surface area contributed by atoms with Gasteiger partial charge in [-0.05, 0) is 48.4 Å². The number of rotatable bonds is 5. The van der Waals surface area contributed by atoms with Gasteiger partial charge in [-0.3, -0.25) is 4.90 Å². The van der Waals surface area contributed by atoms with Crippen molar-refractivity contribution in [2.24, 2.45) is 0 Å². The molecule has 1 unspecified atom stereocenters. The van der Waals surface area contributed by atoms with Crippen molar-refractivity contribution >= 4 is 22.7 Å². The van der Waals surface area contributed by atoms with Gasteiger partial charge in [-0.15, -0.1) is 0 Å². The summed E-state index contributed by atoms with van der Waals surface area (Å²) in [7, 11) is 1.73. The summed E-state index contributed by atoms with van der Waals surface area (Å²) >= 11 is 1.57. The zero-order valence-electron chi connectivity index (χ0n) is 18.1. The minimum atomic E-state index is 0.140. The number of benzene rings is 2. The van der Waals surface area contributed by atoms with Crippen LogP contribution in [0.15, 0.2) is 60.0 Å². The lowest BCUT2D eigenvalue weighted by Crippen LogP contribution is -2.35. The first-order valence-electron chi connectivity index (χ1n) is 10.5. The molecule has 0 radical (unpaired) electrons. The molecule has 0 bridgehead atoms. The van der Waals surface area contributed by atoms with E-state index < -0.39 is 0 Å². The first-order chi connectivity index (χ1) is 15.2. The summed E-state index contributed by atoms with van der Waals surface area (Å²) in [6.45, 7) is 3.89. The summed E-state index contributed by atoms with van der Waals surface area (Å²) in [5, 5.41) is 2.14. The molecule has 2 aromatic carbocycles. The van der Waals surface area contributed by atoms with Crippen LogP contribution in [0.25, 0.3) is 10.9 Å². The number of ether oxygens (including phenoxy) is 1. The molecule has 0 fully saturated rings. The molecular weight excluding hydrogens is 404 g/mol. The summed E-state index contributed by atoms with van der Waals surface area (Å²) < 4.78 is 5.51. The number of hydrogen-bond acceptors (Lipinski definition) is 5. The monoisotopic (exact) mass is 430 g/mol. The Kier molecular flexibility index (Phi) is 5.42. The van der Waals surface area contributed by atoms with Gasteiger partial charge in [-0.1, -0.05) is 42.1 Å². The largest absolute Gasteiger partial charge is 0.496 e. The lowest BCUT2D eigenvalue weighted by Gasteiger charge is -2.36. The van der Waals surface area contributed by atoms with Crippen molar-refractivity contribution < 1.29 is 4.74 Å². The van der Waals surface area contributed by atoms with Gasteiger partial charge in [0.15, 0.2) is 5.16 Å². The fourth-order valence-electron chi connectivity index (χ4n) is 4.67. The molecule has 5 rings (SSSR count). The Bertz CT molecular complexity index is 1220. The molecule has 1 N–H and O–H groups in total. The van der Waals surface area contributed by atoms with E-state index in [1.54, 1.807) is 18.9 Å². The molecule has 0 spiro atoms. The van der Waals surface area contributed by atoms with Gasteiger partial charge >= 0.3 is 0 Å². The molecule has 1 aliphatic rings. The average molecular weight is 431 g/mol. The van der Waals surface area contributed by atoms with Crippen LogP contribution < -0.4 is 4.74 Å². The number of para-hydroxylation sites is 1. The summed E-state index contributed by atoms with van der Waals surface area (Å²) in [5.41, 5.74) is 7.48. The number of aromatic nitrogens is 3. The molecule has 31 heavy (non-hydrogen) atoms. The molecule has 158 valence electrons. The highest BCUT2D eigenvalue weighted by Gasteiger charge is 2.32. The number of nitrogens with one attached hydrogen (secondary N) is 1. The Morgan fingerprint density at radius 3 is 2.71 bits per heavy atom. The zero-order valence-corrected chi connectivity index (χ0v) is 18.9. The Morgan fingerprint density at radius 1 is 1.16 bits per heavy atom. The number of nitrogens with zero attached hydrogens (tertiary/aromatic N) is 3. The van der Waals surface area contributed by atoms with E-state index in [1.807, 2.05) is 18.6 Å². The molecule has 5 nitrogen and oxygen atoms in total. The number of H-pyrrole nitrogens is 1. The minimum absolute atomic E-state index is 0.140. The maximum Gasteiger partial charge on any atom is 0.187 e. The van der Waals surface area contributed by atoms with Crippen LogP contribution in [0.3, 0.4) is 0 Å². The normalized spacial score (nSPS) is 16.4. The van der Waals surface area contributed by atoms with Crippen molar-refractivity contribution in [3.63, 3.8) is 0 Å². The fourth-order valence-corrected chi connectivity index (χ4v) is 4.99. The number of fused-ring (bicyclic) bond motifs is 3. The molecule has 0 aliphatic carbocycles. The number of thioether (sulfide) groups is 1. The predicted molar refractivity (Wildman–Crippen MR) is 126 cm³/mol. The van der Waals surface area contributed by atoms with Crippen LogP contribution in [-0.4, -0.2) is 39.8 Å². The molecule has 0 saturated carbocycles. The number of aryl methyl sites for hydroxylation is 1. The van der Waals surface area contributed by atoms with E-state index in [9.17, 15) is 0 Å². The van der Waals surface area contributed by atoms with E-state index in [0.29, 0.717) is 0 Å². The van der Waals surface area contributed by atoms with Crippen LogP contribution in [0.1, 0.15) is 34.0 Å². The SMILES string of the molecule is COc1ccc(C2c3[nH]c4ccccc4c3CCN2Cc2cnc(SC)nc2)cc1C. The van der Waals surface area contributed by atoms with Crippen LogP contribution >= 0.6 is 11.8 Å². The van der Waals surface area contributed by atoms with Crippen molar-refractivity contribution in [3.05, 3.63) is 82.8 Å². The summed E-state index contributed by atoms with van der Waals surface area (Å²) in [4.78, 5) is 15.2. The molecule has 1 atom stereocenters. The molecule has 3 heterocycles. The van der Waals surface area contributed by atoms with E-state index in [2.05, 4.69) is 69.2 Å². The van der Waals surface area contributed by atoms with Gasteiger partial charge < -0.3 is 9.72 Å². The summed E-state index contributed by atoms with van der Waals surface area (Å²) in [6.07, 6.45) is 6.93. The van der Waals surface area contributed by atoms with Gasteiger partial charge in [0.05, 0.1) is 13.2 Å². The van der Waals surface area contributed by atoms with E-state index in [4.69, 9.17) is 4.74 Å². The van der Waals surface area contributed by atoms with Gasteiger partial charge in [-0.2, -0.15) is 0 Å². The number of aromatic amines is 1. The average Bonchev–Trinajstić information content (AvgIpc) is 3.18. The highest BCUT2D eigenvalue weighted by molar-refractivity contribution is 7.98. The molecule has 6 heteroatoms. The Morgan fingerprint density at radius 2 is 1.97 bits per heavy atom. The van der Waals surface area contributed by atoms with E-state index in [0.717, 1.165) is 41.5 Å². The van der Waals surface area contributed by atoms with Crippen LogP contribution in [0.4, 0.5) is 0 Å². The second-order valence-electron chi connectivity index (χ2n) is 7.99. The smallest absolute Gasteiger partial charge is 0.187 e. The molecule has 0 amide bonds. The van der Waals surface area contributed by atoms with Crippen molar-refractivity contribution in [1.82, 2.24) is 19.9 Å². The number of hydrogen-bond donors (Lipinski definition) is 1. The highest BCUT2D eigenvalue weighted by atomic mass is 32.2. The lowest BCUT2D eigenvalue weighted by atomic mass is 9.91. The topological polar surface area (TPSA) is 54.0 Å². The molecule has 2 aromatic heterocycles. The van der Waals surface area contributed by atoms with Crippen LogP contribution in [-0.2, 0) is 13.0 Å². The van der Waals surface area contributed by atoms with Crippen LogP contribution in [0.2, 0.25) is 0 Å². The highest BCUT2D eigenvalue weighted by Crippen LogP contribution is 2.40. The Balaban J connectivity index is 1.59. The second kappa shape index (κ2) is 8.36. The maximum absolute atomic E-state index is 5.51. The van der Waals surface area contributed by atoms with Crippen LogP contribution in [0.5, 0.6) is 5.75 Å². The van der Waals surface area contributed by atoms with E-state index in [1.165, 1.54) is 27.7 Å². The van der Waals surface area contributed by atoms with Crippen molar-refractivity contribution in [2.75, 3.05) is 19.9 Å². The van der Waals surface area contributed by atoms with Gasteiger partial charge in [0.2, 0.25) is 0 Å². The van der Waals surface area contributed by atoms with Crippen molar-refractivity contribution in [1.29, 1.82) is 0 Å². The molecule has 0 saturated heterocycles. The second-order valence-corrected chi connectivity index (χ2v) is 8.77. The summed E-state index contributed by atoms with van der Waals surface area (Å²) in [5.74, 6) is 0.920. The Labute approximate surface area is 186 Å². The predicted octanol–water partition coefficient (Wildman–Crippen LogP) is 5.14. The minimum Gasteiger partial charge on any atom is -0.496 e. The number of methoxy groups -OCH3 is 1. The Hall–Kier alpha value is -2.83. The summed E-state index contributed by atoms with van der Waals surface area (Å²) in [6, 6.07) is 15.3. The fraction of sp³-hybridized carbons (Fsp3) is 0.280. The molecular formula is C25H26N4OS. The zero-order chi connectivity index (χ0) is 21.4. The van der Waals surface area contributed by atoms with Gasteiger partial charge in [0.25, 0.3) is 0 Å². The third kappa shape index (κ3) is 3.70. The standard InChI is InChI=1S/C25H26N4OS/c1-16-12-18(8-9-22(16)30-2)24-23-20(19-6-4-5-7-21(19)28-23)10-11-29(24)15-17-13-26-25(31-3)27-14-17/h4-9,12-14,24,28H,10-11,15H2,1-3H3. The maximum atomic E-state index is 5.51. The lowest BCUT2D eigenvalue weighted by molar-refractivity contribution is 0.201. The van der Waals surface area contributed by atoms with Gasteiger partial charge in [0, 0.05) is 47.6 Å². The van der Waals surface area contributed by atoms with Crippen molar-refractivity contribution in [3.8, 4) is 5.75 Å². The van der Waals surface area contributed by atoms with Crippen molar-refractivity contribution in [2.45, 2.75) is 31.1 Å². The molecule has 4 aromatic rings. The van der Waals surface area contributed by atoms with Gasteiger partial charge in [-0.25, -0.2) is 9.97 Å². The quantitative estimate of drug-likeness (QED) is 0.351. The molecule has 1 aliphatic heterocycles. The third-order valence-electron chi connectivity index (χ3n) is 6.12. The van der Waals surface area contributed by atoms with Crippen LogP contribution in [0, 0.1) is 6.92 Å².